The lowest BCUT2D eigenvalue weighted by Crippen LogP contribution is -2.28. The number of hydrogen-bond donors (Lipinski definition) is 4. The van der Waals surface area contributed by atoms with Crippen molar-refractivity contribution in [3.05, 3.63) is 53.1 Å². The molecule has 0 bridgehead atoms. The number of para-hydroxylation sites is 1. The molecule has 13 heteroatoms. The molecule has 1 atom stereocenters. The first-order valence-electron chi connectivity index (χ1n) is 11.3. The number of sulfone groups is 1. The van der Waals surface area contributed by atoms with Gasteiger partial charge in [-0.25, -0.2) is 18.2 Å². The molecule has 2 aromatic carbocycles. The number of nitrogens with zero attached hydrogens (tertiary/aromatic N) is 1. The van der Waals surface area contributed by atoms with Crippen molar-refractivity contribution in [3.63, 3.8) is 0 Å². The third-order valence-electron chi connectivity index (χ3n) is 5.57. The Balaban J connectivity index is 1.82. The quantitative estimate of drug-likeness (QED) is 0.156. The number of carboxylic acid groups (broad SMARTS) is 2. The molecule has 3 rings (SSSR count). The number of aryl methyl sites for hydroxylation is 2. The number of aliphatic carboxylic acids is 2. The maximum Gasteiger partial charge on any atom is 0.343 e. The van der Waals surface area contributed by atoms with Crippen molar-refractivity contribution in [2.45, 2.75) is 25.7 Å². The minimum atomic E-state index is -3.92. The van der Waals surface area contributed by atoms with Gasteiger partial charge < -0.3 is 31.2 Å². The lowest BCUT2D eigenvalue weighted by atomic mass is 10.0. The zero-order chi connectivity index (χ0) is 27.2. The number of benzene rings is 2. The SMILES string of the molecule is NC(N)=Nc1ccc2c(c1)CCCOc1c(CCS(=O)(=O)C[C@@H](CC(=O)O)C(=O)O)cccc1OC2=O. The van der Waals surface area contributed by atoms with Gasteiger partial charge in [0.2, 0.25) is 0 Å². The number of fused-ring (bicyclic) bond motifs is 2. The number of nitrogens with two attached hydrogens (primary N) is 2. The normalized spacial score (nSPS) is 14.2. The molecule has 0 radical (unpaired) electrons. The summed E-state index contributed by atoms with van der Waals surface area (Å²) in [7, 11) is -3.92. The number of aliphatic imine (C=N–C) groups is 1. The second kappa shape index (κ2) is 11.7. The van der Waals surface area contributed by atoms with E-state index in [1.165, 1.54) is 6.07 Å². The van der Waals surface area contributed by atoms with E-state index in [1.54, 1.807) is 30.3 Å². The molecular weight excluding hydrogens is 506 g/mol. The molecule has 198 valence electrons. The van der Waals surface area contributed by atoms with Gasteiger partial charge in [-0.1, -0.05) is 12.1 Å². The minimum Gasteiger partial charge on any atom is -0.489 e. The highest BCUT2D eigenvalue weighted by Crippen LogP contribution is 2.34. The van der Waals surface area contributed by atoms with Gasteiger partial charge in [0, 0.05) is 0 Å². The summed E-state index contributed by atoms with van der Waals surface area (Å²) < 4.78 is 36.6. The average Bonchev–Trinajstić information content (AvgIpc) is 2.80. The molecule has 0 aliphatic carbocycles. The summed E-state index contributed by atoms with van der Waals surface area (Å²) in [4.78, 5) is 39.1. The lowest BCUT2D eigenvalue weighted by Gasteiger charge is -2.19. The number of esters is 1. The fourth-order valence-corrected chi connectivity index (χ4v) is 5.45. The van der Waals surface area contributed by atoms with Gasteiger partial charge in [-0.2, -0.15) is 0 Å². The summed E-state index contributed by atoms with van der Waals surface area (Å²) in [6, 6.07) is 9.56. The highest BCUT2D eigenvalue weighted by molar-refractivity contribution is 7.91. The van der Waals surface area contributed by atoms with Crippen LogP contribution in [-0.2, 0) is 32.3 Å². The molecule has 0 saturated heterocycles. The number of rotatable bonds is 9. The topological polar surface area (TPSA) is 209 Å². The molecule has 37 heavy (non-hydrogen) atoms. The minimum absolute atomic E-state index is 0.0546. The summed E-state index contributed by atoms with van der Waals surface area (Å²) in [6.45, 7) is 0.236. The van der Waals surface area contributed by atoms with E-state index in [9.17, 15) is 27.9 Å². The van der Waals surface area contributed by atoms with E-state index in [2.05, 4.69) is 4.99 Å². The van der Waals surface area contributed by atoms with Gasteiger partial charge in [-0.05, 0) is 54.7 Å². The Morgan fingerprint density at radius 1 is 1.14 bits per heavy atom. The maximum absolute atomic E-state index is 13.0. The van der Waals surface area contributed by atoms with E-state index < -0.39 is 51.6 Å². The standard InChI is InChI=1S/C24H27N3O9S/c25-24(26)27-17-6-7-18-15(11-17)4-2-9-35-21-14(3-1-5-19(21)36-23(18)32)8-10-37(33,34)13-16(22(30)31)12-20(28)29/h1,3,5-7,11,16H,2,4,8-10,12-13H2,(H,28,29)(H,30,31)(H4,25,26,27)/t16-/m1/s1. The van der Waals surface area contributed by atoms with Crippen LogP contribution in [-0.4, -0.2) is 60.6 Å². The van der Waals surface area contributed by atoms with Crippen molar-refractivity contribution in [3.8, 4) is 11.5 Å². The van der Waals surface area contributed by atoms with Crippen LogP contribution in [0.5, 0.6) is 11.5 Å². The van der Waals surface area contributed by atoms with E-state index in [-0.39, 0.29) is 30.5 Å². The molecule has 0 saturated carbocycles. The van der Waals surface area contributed by atoms with E-state index in [4.69, 9.17) is 26.0 Å². The highest BCUT2D eigenvalue weighted by Gasteiger charge is 2.28. The fraction of sp³-hybridized carbons (Fsp3) is 0.333. The molecule has 6 N–H and O–H groups in total. The number of ether oxygens (including phenoxy) is 2. The van der Waals surface area contributed by atoms with Crippen molar-refractivity contribution >= 4 is 39.4 Å². The molecule has 0 aromatic heterocycles. The monoisotopic (exact) mass is 533 g/mol. The summed E-state index contributed by atoms with van der Waals surface area (Å²) in [5.74, 6) is -6.14. The van der Waals surface area contributed by atoms with Crippen LogP contribution in [0.15, 0.2) is 41.4 Å². The molecule has 2 aromatic rings. The predicted molar refractivity (Wildman–Crippen MR) is 133 cm³/mol. The van der Waals surface area contributed by atoms with Crippen LogP contribution < -0.4 is 20.9 Å². The summed E-state index contributed by atoms with van der Waals surface area (Å²) in [5, 5.41) is 18.0. The van der Waals surface area contributed by atoms with Crippen LogP contribution >= 0.6 is 0 Å². The second-order valence-corrected chi connectivity index (χ2v) is 10.7. The number of carbonyl (C=O) groups excluding carboxylic acids is 1. The Morgan fingerprint density at radius 2 is 1.89 bits per heavy atom. The van der Waals surface area contributed by atoms with Crippen molar-refractivity contribution < 1.29 is 42.5 Å². The third-order valence-corrected chi connectivity index (χ3v) is 7.31. The van der Waals surface area contributed by atoms with E-state index in [0.717, 1.165) is 0 Å². The summed E-state index contributed by atoms with van der Waals surface area (Å²) in [6.07, 6.45) is 0.127. The van der Waals surface area contributed by atoms with E-state index in [1.807, 2.05) is 0 Å². The van der Waals surface area contributed by atoms with Gasteiger partial charge in [0.25, 0.3) is 0 Å². The first kappa shape index (κ1) is 27.5. The molecule has 12 nitrogen and oxygen atoms in total. The Morgan fingerprint density at radius 3 is 2.57 bits per heavy atom. The van der Waals surface area contributed by atoms with Crippen LogP contribution in [0.25, 0.3) is 0 Å². The van der Waals surface area contributed by atoms with Gasteiger partial charge in [0.1, 0.15) is 0 Å². The van der Waals surface area contributed by atoms with Crippen molar-refractivity contribution in [2.75, 3.05) is 18.1 Å². The Hall–Kier alpha value is -4.13. The Labute approximate surface area is 212 Å². The molecule has 0 spiro atoms. The number of carboxylic acids is 2. The van der Waals surface area contributed by atoms with E-state index >= 15 is 0 Å². The zero-order valence-corrected chi connectivity index (χ0v) is 20.6. The number of hydrogen-bond acceptors (Lipinski definition) is 8. The largest absolute Gasteiger partial charge is 0.489 e. The van der Waals surface area contributed by atoms with Crippen LogP contribution in [0.2, 0.25) is 0 Å². The second-order valence-electron chi connectivity index (χ2n) is 8.46. The molecule has 1 heterocycles. The van der Waals surface area contributed by atoms with Crippen LogP contribution in [0, 0.1) is 5.92 Å². The van der Waals surface area contributed by atoms with Gasteiger partial charge in [0.15, 0.2) is 27.3 Å². The first-order valence-corrected chi connectivity index (χ1v) is 13.1. The highest BCUT2D eigenvalue weighted by atomic mass is 32.2. The lowest BCUT2D eigenvalue weighted by molar-refractivity contribution is -0.147. The van der Waals surface area contributed by atoms with Crippen molar-refractivity contribution in [1.82, 2.24) is 0 Å². The van der Waals surface area contributed by atoms with E-state index in [0.29, 0.717) is 35.2 Å². The molecule has 0 unspecified atom stereocenters. The Bertz CT molecular complexity index is 1330. The Kier molecular flexibility index (Phi) is 8.71. The first-order chi connectivity index (χ1) is 17.4. The van der Waals surface area contributed by atoms with Crippen LogP contribution in [0.1, 0.15) is 34.3 Å². The smallest absolute Gasteiger partial charge is 0.343 e. The fourth-order valence-electron chi connectivity index (χ4n) is 3.88. The van der Waals surface area contributed by atoms with Crippen molar-refractivity contribution in [2.24, 2.45) is 22.4 Å². The van der Waals surface area contributed by atoms with Crippen molar-refractivity contribution in [1.29, 1.82) is 0 Å². The third kappa shape index (κ3) is 7.67. The van der Waals surface area contributed by atoms with Gasteiger partial charge in [-0.15, -0.1) is 0 Å². The maximum atomic E-state index is 13.0. The van der Waals surface area contributed by atoms with Gasteiger partial charge in [-0.3, -0.25) is 9.59 Å². The van der Waals surface area contributed by atoms with Gasteiger partial charge >= 0.3 is 17.9 Å². The molecule has 1 aliphatic heterocycles. The number of carbonyl (C=O) groups is 3. The molecule has 0 fully saturated rings. The van der Waals surface area contributed by atoms with Gasteiger partial charge in [0.05, 0.1) is 41.7 Å². The average molecular weight is 534 g/mol. The molecular formula is C24H27N3O9S. The predicted octanol–water partition coefficient (Wildman–Crippen LogP) is 1.27. The molecule has 0 amide bonds. The van der Waals surface area contributed by atoms with Crippen LogP contribution in [0.3, 0.4) is 0 Å². The zero-order valence-electron chi connectivity index (χ0n) is 19.8. The summed E-state index contributed by atoms with van der Waals surface area (Å²) >= 11 is 0. The molecule has 1 aliphatic rings. The summed E-state index contributed by atoms with van der Waals surface area (Å²) in [5.41, 5.74) is 12.8. The van der Waals surface area contributed by atoms with Crippen LogP contribution in [0.4, 0.5) is 5.69 Å². The number of guanidine groups is 1.